The summed E-state index contributed by atoms with van der Waals surface area (Å²) in [5.41, 5.74) is 0.693. The first kappa shape index (κ1) is 17.0. The molecule has 0 bridgehead atoms. The molecule has 1 N–H and O–H groups in total. The Hall–Kier alpha value is -2.36. The Morgan fingerprint density at radius 3 is 2.13 bits per heavy atom. The minimum atomic E-state index is -0.763. The van der Waals surface area contributed by atoms with Crippen LogP contribution in [0.4, 0.5) is 10.1 Å². The smallest absolute Gasteiger partial charge is 0.234 e. The molecular weight excluding hydrogens is 293 g/mol. The number of halogens is 1. The molecule has 0 unspecified atom stereocenters. The van der Waals surface area contributed by atoms with Crippen molar-refractivity contribution >= 4 is 11.6 Å². The van der Waals surface area contributed by atoms with Gasteiger partial charge in [0.2, 0.25) is 5.91 Å². The lowest BCUT2D eigenvalue weighted by molar-refractivity contribution is -0.120. The second kappa shape index (κ2) is 6.82. The first-order valence-electron chi connectivity index (χ1n) is 7.63. The van der Waals surface area contributed by atoms with Gasteiger partial charge in [0.25, 0.3) is 0 Å². The average molecular weight is 315 g/mol. The highest BCUT2D eigenvalue weighted by Gasteiger charge is 2.29. The predicted octanol–water partition coefficient (Wildman–Crippen LogP) is 4.53. The number of hydrogen-bond acceptors (Lipinski definition) is 2. The third kappa shape index (κ3) is 4.31. The molecule has 0 heterocycles. The predicted molar refractivity (Wildman–Crippen MR) is 90.3 cm³/mol. The molecule has 0 aliphatic rings. The third-order valence-corrected chi connectivity index (χ3v) is 3.62. The summed E-state index contributed by atoms with van der Waals surface area (Å²) in [5, 5.41) is 2.89. The Bertz CT molecular complexity index is 661. The molecule has 0 saturated heterocycles. The molecule has 122 valence electrons. The standard InChI is InChI=1S/C19H22FNO2/c1-13(2)23-17-11-9-16(10-12-17)21-18(22)19(3,4)14-5-7-15(20)8-6-14/h5-13H,1-4H3,(H,21,22). The lowest BCUT2D eigenvalue weighted by Gasteiger charge is -2.24. The fourth-order valence-electron chi connectivity index (χ4n) is 2.17. The zero-order valence-corrected chi connectivity index (χ0v) is 13.9. The van der Waals surface area contributed by atoms with Crippen LogP contribution in [0.5, 0.6) is 5.75 Å². The fraction of sp³-hybridized carbons (Fsp3) is 0.316. The van der Waals surface area contributed by atoms with E-state index in [0.29, 0.717) is 5.69 Å². The topological polar surface area (TPSA) is 38.3 Å². The SMILES string of the molecule is CC(C)Oc1ccc(NC(=O)C(C)(C)c2ccc(F)cc2)cc1. The molecule has 0 spiro atoms. The molecule has 0 atom stereocenters. The van der Waals surface area contributed by atoms with Gasteiger partial charge in [0.15, 0.2) is 0 Å². The summed E-state index contributed by atoms with van der Waals surface area (Å²) in [4.78, 5) is 12.5. The first-order chi connectivity index (χ1) is 10.8. The van der Waals surface area contributed by atoms with Crippen LogP contribution in [0.15, 0.2) is 48.5 Å². The molecule has 0 aliphatic heterocycles. The van der Waals surface area contributed by atoms with Gasteiger partial charge in [-0.05, 0) is 69.7 Å². The molecule has 0 aliphatic carbocycles. The maximum atomic E-state index is 13.0. The monoisotopic (exact) mass is 315 g/mol. The van der Waals surface area contributed by atoms with Gasteiger partial charge in [0.05, 0.1) is 11.5 Å². The molecule has 2 aromatic rings. The van der Waals surface area contributed by atoms with Crippen LogP contribution in [0.3, 0.4) is 0 Å². The van der Waals surface area contributed by atoms with Gasteiger partial charge < -0.3 is 10.1 Å². The number of ether oxygens (including phenoxy) is 1. The summed E-state index contributed by atoms with van der Waals surface area (Å²) in [6.45, 7) is 7.54. The van der Waals surface area contributed by atoms with Crippen molar-refractivity contribution in [2.75, 3.05) is 5.32 Å². The molecule has 0 aromatic heterocycles. The molecule has 3 nitrogen and oxygen atoms in total. The van der Waals surface area contributed by atoms with Gasteiger partial charge in [-0.3, -0.25) is 4.79 Å². The van der Waals surface area contributed by atoms with E-state index >= 15 is 0 Å². The van der Waals surface area contributed by atoms with Crippen molar-refractivity contribution in [1.82, 2.24) is 0 Å². The highest BCUT2D eigenvalue weighted by atomic mass is 19.1. The number of amides is 1. The number of rotatable bonds is 5. The lowest BCUT2D eigenvalue weighted by Crippen LogP contribution is -2.34. The van der Waals surface area contributed by atoms with Crippen LogP contribution >= 0.6 is 0 Å². The van der Waals surface area contributed by atoms with Crippen LogP contribution in [0.25, 0.3) is 0 Å². The second-order valence-electron chi connectivity index (χ2n) is 6.28. The largest absolute Gasteiger partial charge is 0.491 e. The van der Waals surface area contributed by atoms with Crippen molar-refractivity contribution in [3.05, 3.63) is 59.9 Å². The highest BCUT2D eigenvalue weighted by Crippen LogP contribution is 2.26. The molecule has 23 heavy (non-hydrogen) atoms. The van der Waals surface area contributed by atoms with E-state index in [0.717, 1.165) is 11.3 Å². The molecule has 2 aromatic carbocycles. The quantitative estimate of drug-likeness (QED) is 0.880. The molecule has 2 rings (SSSR count). The van der Waals surface area contributed by atoms with Gasteiger partial charge in [0, 0.05) is 5.69 Å². The summed E-state index contributed by atoms with van der Waals surface area (Å²) in [6.07, 6.45) is 0.104. The van der Waals surface area contributed by atoms with Crippen LogP contribution < -0.4 is 10.1 Å². The number of anilines is 1. The van der Waals surface area contributed by atoms with E-state index in [1.807, 2.05) is 39.8 Å². The summed E-state index contributed by atoms with van der Waals surface area (Å²) in [7, 11) is 0. The van der Waals surface area contributed by atoms with Gasteiger partial charge in [-0.1, -0.05) is 12.1 Å². The maximum Gasteiger partial charge on any atom is 0.234 e. The molecule has 4 heteroatoms. The zero-order valence-electron chi connectivity index (χ0n) is 13.9. The van der Waals surface area contributed by atoms with Crippen molar-refractivity contribution in [3.63, 3.8) is 0 Å². The Kier molecular flexibility index (Phi) is 5.04. The summed E-state index contributed by atoms with van der Waals surface area (Å²) >= 11 is 0. The molecule has 0 radical (unpaired) electrons. The van der Waals surface area contributed by atoms with E-state index in [9.17, 15) is 9.18 Å². The van der Waals surface area contributed by atoms with Gasteiger partial charge >= 0.3 is 0 Å². The highest BCUT2D eigenvalue weighted by molar-refractivity contribution is 5.98. The van der Waals surface area contributed by atoms with Gasteiger partial charge in [0.1, 0.15) is 11.6 Å². The Morgan fingerprint density at radius 2 is 1.61 bits per heavy atom. The molecule has 0 fully saturated rings. The van der Waals surface area contributed by atoms with Crippen LogP contribution in [0.1, 0.15) is 33.3 Å². The molecule has 0 saturated carbocycles. The average Bonchev–Trinajstić information content (AvgIpc) is 2.49. The number of benzene rings is 2. The normalized spacial score (nSPS) is 11.4. The Labute approximate surface area is 136 Å². The minimum absolute atomic E-state index is 0.104. The van der Waals surface area contributed by atoms with Crippen LogP contribution in [0.2, 0.25) is 0 Å². The van der Waals surface area contributed by atoms with Gasteiger partial charge in [-0.15, -0.1) is 0 Å². The van der Waals surface area contributed by atoms with Crippen molar-refractivity contribution in [1.29, 1.82) is 0 Å². The molecular formula is C19H22FNO2. The van der Waals surface area contributed by atoms with Gasteiger partial charge in [-0.25, -0.2) is 4.39 Å². The third-order valence-electron chi connectivity index (χ3n) is 3.62. The number of carbonyl (C=O) groups excluding carboxylic acids is 1. The van der Waals surface area contributed by atoms with Crippen molar-refractivity contribution in [2.24, 2.45) is 0 Å². The number of nitrogens with one attached hydrogen (secondary N) is 1. The van der Waals surface area contributed by atoms with Crippen molar-refractivity contribution in [2.45, 2.75) is 39.2 Å². The lowest BCUT2D eigenvalue weighted by atomic mass is 9.83. The number of carbonyl (C=O) groups is 1. The minimum Gasteiger partial charge on any atom is -0.491 e. The Morgan fingerprint density at radius 1 is 1.04 bits per heavy atom. The number of hydrogen-bond donors (Lipinski definition) is 1. The van der Waals surface area contributed by atoms with Crippen LogP contribution in [-0.4, -0.2) is 12.0 Å². The van der Waals surface area contributed by atoms with Crippen LogP contribution in [0, 0.1) is 5.82 Å². The van der Waals surface area contributed by atoms with E-state index in [1.54, 1.807) is 24.3 Å². The van der Waals surface area contributed by atoms with E-state index < -0.39 is 5.41 Å². The van der Waals surface area contributed by atoms with E-state index in [-0.39, 0.29) is 17.8 Å². The maximum absolute atomic E-state index is 13.0. The van der Waals surface area contributed by atoms with E-state index in [4.69, 9.17) is 4.74 Å². The summed E-state index contributed by atoms with van der Waals surface area (Å²) in [5.74, 6) is 0.295. The Balaban J connectivity index is 2.09. The van der Waals surface area contributed by atoms with Gasteiger partial charge in [-0.2, -0.15) is 0 Å². The summed E-state index contributed by atoms with van der Waals surface area (Å²) < 4.78 is 18.6. The summed E-state index contributed by atoms with van der Waals surface area (Å²) in [6, 6.07) is 13.2. The van der Waals surface area contributed by atoms with Crippen LogP contribution in [-0.2, 0) is 10.2 Å². The van der Waals surface area contributed by atoms with E-state index in [2.05, 4.69) is 5.32 Å². The van der Waals surface area contributed by atoms with Crippen molar-refractivity contribution in [3.8, 4) is 5.75 Å². The van der Waals surface area contributed by atoms with Crippen molar-refractivity contribution < 1.29 is 13.9 Å². The van der Waals surface area contributed by atoms with E-state index in [1.165, 1.54) is 12.1 Å². The molecule has 1 amide bonds. The zero-order chi connectivity index (χ0) is 17.0. The first-order valence-corrected chi connectivity index (χ1v) is 7.63. The fourth-order valence-corrected chi connectivity index (χ4v) is 2.17. The second-order valence-corrected chi connectivity index (χ2v) is 6.28.